The van der Waals surface area contributed by atoms with E-state index in [1.165, 1.54) is 42.6 Å². The van der Waals surface area contributed by atoms with E-state index < -0.39 is 0 Å². The van der Waals surface area contributed by atoms with E-state index in [4.69, 9.17) is 0 Å². The third-order valence-electron chi connectivity index (χ3n) is 2.49. The van der Waals surface area contributed by atoms with Crippen molar-refractivity contribution in [3.8, 4) is 0 Å². The van der Waals surface area contributed by atoms with Crippen molar-refractivity contribution in [1.82, 2.24) is 0 Å². The number of hydrogen-bond donors (Lipinski definition) is 0. The molecule has 0 heterocycles. The highest BCUT2D eigenvalue weighted by atomic mass is 32.2. The molecule has 0 radical (unpaired) electrons. The quantitative estimate of drug-likeness (QED) is 0.489. The van der Waals surface area contributed by atoms with E-state index in [9.17, 15) is 0 Å². The Morgan fingerprint density at radius 2 is 1.86 bits per heavy atom. The summed E-state index contributed by atoms with van der Waals surface area (Å²) >= 11 is 1.86. The Morgan fingerprint density at radius 1 is 1.07 bits per heavy atom. The van der Waals surface area contributed by atoms with Crippen molar-refractivity contribution in [2.45, 2.75) is 43.9 Å². The Balaban J connectivity index is 2.41. The largest absolute Gasteiger partial charge is 0.129 e. The molecule has 0 atom stereocenters. The van der Waals surface area contributed by atoms with Crippen LogP contribution in [0.5, 0.6) is 0 Å². The zero-order chi connectivity index (χ0) is 10.2. The Labute approximate surface area is 92.1 Å². The molecule has 0 amide bonds. The molecule has 78 valence electrons. The minimum absolute atomic E-state index is 1.25. The van der Waals surface area contributed by atoms with Crippen molar-refractivity contribution in [2.75, 3.05) is 6.26 Å². The van der Waals surface area contributed by atoms with Crippen LogP contribution in [0.15, 0.2) is 29.2 Å². The van der Waals surface area contributed by atoms with Gasteiger partial charge in [-0.3, -0.25) is 0 Å². The number of rotatable bonds is 6. The summed E-state index contributed by atoms with van der Waals surface area (Å²) in [7, 11) is 0. The Kier molecular flexibility index (Phi) is 5.77. The molecule has 0 aromatic heterocycles. The molecule has 0 saturated heterocycles. The Bertz CT molecular complexity index is 255. The van der Waals surface area contributed by atoms with Crippen LogP contribution >= 0.6 is 11.8 Å². The van der Waals surface area contributed by atoms with Crippen molar-refractivity contribution in [3.05, 3.63) is 29.8 Å². The summed E-state index contributed by atoms with van der Waals surface area (Å²) in [6.45, 7) is 2.26. The first kappa shape index (κ1) is 11.6. The fourth-order valence-corrected chi connectivity index (χ4v) is 2.30. The Morgan fingerprint density at radius 3 is 2.57 bits per heavy atom. The average molecular weight is 208 g/mol. The molecule has 0 saturated carbocycles. The third-order valence-corrected chi connectivity index (χ3v) is 3.33. The van der Waals surface area contributed by atoms with Crippen molar-refractivity contribution < 1.29 is 0 Å². The van der Waals surface area contributed by atoms with Gasteiger partial charge in [0.05, 0.1) is 0 Å². The summed E-state index contributed by atoms with van der Waals surface area (Å²) in [5, 5.41) is 0. The first-order valence-corrected chi connectivity index (χ1v) is 6.73. The SMILES string of the molecule is CCCCCCc1ccccc1SC. The normalized spacial score (nSPS) is 10.4. The highest BCUT2D eigenvalue weighted by Crippen LogP contribution is 2.21. The predicted molar refractivity (Wildman–Crippen MR) is 66.1 cm³/mol. The molecule has 0 aliphatic rings. The van der Waals surface area contributed by atoms with E-state index >= 15 is 0 Å². The van der Waals surface area contributed by atoms with Crippen molar-refractivity contribution in [2.24, 2.45) is 0 Å². The molecule has 1 aromatic carbocycles. The first-order chi connectivity index (χ1) is 6.88. The average Bonchev–Trinajstić information content (AvgIpc) is 2.25. The molecular weight excluding hydrogens is 188 g/mol. The predicted octanol–water partition coefficient (Wildman–Crippen LogP) is 4.53. The Hall–Kier alpha value is -0.430. The maximum atomic E-state index is 2.26. The van der Waals surface area contributed by atoms with Gasteiger partial charge in [0.15, 0.2) is 0 Å². The van der Waals surface area contributed by atoms with Crippen LogP contribution in [0.4, 0.5) is 0 Å². The number of aryl methyl sites for hydroxylation is 1. The highest BCUT2D eigenvalue weighted by molar-refractivity contribution is 7.98. The minimum Gasteiger partial charge on any atom is -0.129 e. The van der Waals surface area contributed by atoms with Crippen LogP contribution in [0.3, 0.4) is 0 Å². The van der Waals surface area contributed by atoms with Gasteiger partial charge in [-0.2, -0.15) is 0 Å². The standard InChI is InChI=1S/C13H20S/c1-3-4-5-6-9-12-10-7-8-11-13(12)14-2/h7-8,10-11H,3-6,9H2,1-2H3. The van der Waals surface area contributed by atoms with Gasteiger partial charge in [0.2, 0.25) is 0 Å². The van der Waals surface area contributed by atoms with Crippen LogP contribution in [-0.2, 0) is 6.42 Å². The van der Waals surface area contributed by atoms with E-state index in [0.717, 1.165) is 0 Å². The van der Waals surface area contributed by atoms with Crippen molar-refractivity contribution in [1.29, 1.82) is 0 Å². The van der Waals surface area contributed by atoms with E-state index in [0.29, 0.717) is 0 Å². The highest BCUT2D eigenvalue weighted by Gasteiger charge is 1.99. The topological polar surface area (TPSA) is 0 Å². The summed E-state index contributed by atoms with van der Waals surface area (Å²) in [6.07, 6.45) is 8.82. The van der Waals surface area contributed by atoms with E-state index in [-0.39, 0.29) is 0 Å². The lowest BCUT2D eigenvalue weighted by atomic mass is 10.1. The molecular formula is C13H20S. The second-order valence-electron chi connectivity index (χ2n) is 3.62. The fraction of sp³-hybridized carbons (Fsp3) is 0.538. The van der Waals surface area contributed by atoms with Crippen molar-refractivity contribution in [3.63, 3.8) is 0 Å². The lowest BCUT2D eigenvalue weighted by Gasteiger charge is -2.06. The van der Waals surface area contributed by atoms with Gasteiger partial charge in [0.1, 0.15) is 0 Å². The molecule has 0 nitrogen and oxygen atoms in total. The zero-order valence-corrected chi connectivity index (χ0v) is 10.1. The van der Waals surface area contributed by atoms with Crippen LogP contribution in [0.25, 0.3) is 0 Å². The molecule has 14 heavy (non-hydrogen) atoms. The lowest BCUT2D eigenvalue weighted by molar-refractivity contribution is 0.663. The van der Waals surface area contributed by atoms with Gasteiger partial charge in [-0.1, -0.05) is 44.4 Å². The van der Waals surface area contributed by atoms with Gasteiger partial charge in [0, 0.05) is 4.90 Å². The number of benzene rings is 1. The molecule has 1 heteroatoms. The second kappa shape index (κ2) is 6.94. The molecule has 0 spiro atoms. The number of thioether (sulfide) groups is 1. The van der Waals surface area contributed by atoms with Crippen molar-refractivity contribution >= 4 is 11.8 Å². The van der Waals surface area contributed by atoms with Gasteiger partial charge in [-0.15, -0.1) is 11.8 Å². The third kappa shape index (κ3) is 3.75. The maximum absolute atomic E-state index is 2.26. The molecule has 1 aromatic rings. The van der Waals surface area contributed by atoms with Crippen LogP contribution in [0.1, 0.15) is 38.2 Å². The molecule has 0 unspecified atom stereocenters. The van der Waals surface area contributed by atoms with Crippen LogP contribution in [0.2, 0.25) is 0 Å². The maximum Gasteiger partial charge on any atom is 0.0101 e. The van der Waals surface area contributed by atoms with E-state index in [1.54, 1.807) is 0 Å². The molecule has 0 aliphatic heterocycles. The van der Waals surface area contributed by atoms with Gasteiger partial charge >= 0.3 is 0 Å². The molecule has 0 N–H and O–H groups in total. The second-order valence-corrected chi connectivity index (χ2v) is 4.47. The molecule has 0 fully saturated rings. The van der Waals surface area contributed by atoms with Gasteiger partial charge in [-0.25, -0.2) is 0 Å². The zero-order valence-electron chi connectivity index (χ0n) is 9.25. The molecule has 0 aliphatic carbocycles. The van der Waals surface area contributed by atoms with E-state index in [1.807, 2.05) is 11.8 Å². The minimum atomic E-state index is 1.25. The van der Waals surface area contributed by atoms with Gasteiger partial charge in [0.25, 0.3) is 0 Å². The summed E-state index contributed by atoms with van der Waals surface area (Å²) in [5.41, 5.74) is 1.52. The summed E-state index contributed by atoms with van der Waals surface area (Å²) in [6, 6.07) is 8.76. The monoisotopic (exact) mass is 208 g/mol. The smallest absolute Gasteiger partial charge is 0.0101 e. The molecule has 1 rings (SSSR count). The van der Waals surface area contributed by atoms with Gasteiger partial charge in [-0.05, 0) is 30.7 Å². The van der Waals surface area contributed by atoms with Crippen LogP contribution in [0, 0.1) is 0 Å². The van der Waals surface area contributed by atoms with Gasteiger partial charge < -0.3 is 0 Å². The van der Waals surface area contributed by atoms with Crippen LogP contribution in [-0.4, -0.2) is 6.26 Å². The first-order valence-electron chi connectivity index (χ1n) is 5.50. The lowest BCUT2D eigenvalue weighted by Crippen LogP contribution is -1.88. The summed E-state index contributed by atoms with van der Waals surface area (Å²) < 4.78 is 0. The number of unbranched alkanes of at least 4 members (excludes halogenated alkanes) is 3. The molecule has 0 bridgehead atoms. The summed E-state index contributed by atoms with van der Waals surface area (Å²) in [4.78, 5) is 1.45. The van der Waals surface area contributed by atoms with E-state index in [2.05, 4.69) is 37.4 Å². The summed E-state index contributed by atoms with van der Waals surface area (Å²) in [5.74, 6) is 0. The number of hydrogen-bond acceptors (Lipinski definition) is 1. The van der Waals surface area contributed by atoms with Crippen LogP contribution < -0.4 is 0 Å². The fourth-order valence-electron chi connectivity index (χ4n) is 1.65.